The van der Waals surface area contributed by atoms with Crippen molar-refractivity contribution < 1.29 is 9.53 Å². The topological polar surface area (TPSA) is 73.2 Å². The van der Waals surface area contributed by atoms with Crippen LogP contribution in [0.15, 0.2) is 51.7 Å². The van der Waals surface area contributed by atoms with Crippen molar-refractivity contribution in [1.29, 1.82) is 0 Å². The molecule has 0 saturated carbocycles. The molecule has 0 bridgehead atoms. The smallest absolute Gasteiger partial charge is 0.275 e. The maximum Gasteiger partial charge on any atom is 0.275 e. The first-order valence-electron chi connectivity index (χ1n) is 8.71. The predicted molar refractivity (Wildman–Crippen MR) is 106 cm³/mol. The quantitative estimate of drug-likeness (QED) is 0.696. The molecule has 0 aliphatic carbocycles. The number of nitrogens with zero attached hydrogens (tertiary/aromatic N) is 2. The molecular weight excluding hydrogens is 410 g/mol. The lowest BCUT2D eigenvalue weighted by atomic mass is 10.0. The van der Waals surface area contributed by atoms with Crippen molar-refractivity contribution in [1.82, 2.24) is 15.1 Å². The summed E-state index contributed by atoms with van der Waals surface area (Å²) in [4.78, 5) is 25.3. The van der Waals surface area contributed by atoms with Crippen molar-refractivity contribution in [3.63, 3.8) is 0 Å². The van der Waals surface area contributed by atoms with Crippen LogP contribution in [0.2, 0.25) is 0 Å². The number of fused-ring (bicyclic) bond motifs is 2. The largest absolute Gasteiger partial charge is 0.493 e. The van der Waals surface area contributed by atoms with Crippen LogP contribution in [0, 0.1) is 6.92 Å². The number of aryl methyl sites for hydroxylation is 1. The summed E-state index contributed by atoms with van der Waals surface area (Å²) in [7, 11) is 0. The number of hydrogen-bond acceptors (Lipinski definition) is 4. The Morgan fingerprint density at radius 1 is 1.30 bits per heavy atom. The second kappa shape index (κ2) is 7.15. The van der Waals surface area contributed by atoms with E-state index in [-0.39, 0.29) is 24.1 Å². The molecule has 1 N–H and O–H groups in total. The molecule has 1 unspecified atom stereocenters. The van der Waals surface area contributed by atoms with Crippen molar-refractivity contribution >= 4 is 32.6 Å². The molecule has 27 heavy (non-hydrogen) atoms. The van der Waals surface area contributed by atoms with E-state index in [2.05, 4.69) is 26.3 Å². The number of carbonyl (C=O) groups is 1. The van der Waals surface area contributed by atoms with Crippen molar-refractivity contribution in [2.24, 2.45) is 0 Å². The van der Waals surface area contributed by atoms with Gasteiger partial charge in [-0.1, -0.05) is 34.1 Å². The molecule has 1 aliphatic heterocycles. The Balaban J connectivity index is 1.58. The van der Waals surface area contributed by atoms with Crippen LogP contribution in [-0.2, 0) is 11.3 Å². The van der Waals surface area contributed by atoms with E-state index in [0.717, 1.165) is 26.9 Å². The number of ether oxygens (including phenoxy) is 1. The highest BCUT2D eigenvalue weighted by Crippen LogP contribution is 2.34. The minimum absolute atomic E-state index is 0.120. The van der Waals surface area contributed by atoms with E-state index in [4.69, 9.17) is 4.74 Å². The number of benzene rings is 2. The van der Waals surface area contributed by atoms with E-state index in [1.54, 1.807) is 6.07 Å². The Bertz CT molecular complexity index is 1090. The van der Waals surface area contributed by atoms with E-state index in [9.17, 15) is 9.59 Å². The standard InChI is InChI=1S/C20H18BrN3O3/c1-12-14-4-2-3-5-15(14)20(26)24(23-12)11-19(25)22-17-8-9-27-18-7-6-13(21)10-16(17)18/h2-7,10,17H,8-9,11H2,1H3,(H,22,25). The van der Waals surface area contributed by atoms with Gasteiger partial charge in [-0.05, 0) is 31.2 Å². The molecule has 0 spiro atoms. The average Bonchev–Trinajstić information content (AvgIpc) is 2.66. The second-order valence-corrected chi connectivity index (χ2v) is 7.45. The average molecular weight is 428 g/mol. The molecule has 4 rings (SSSR count). The summed E-state index contributed by atoms with van der Waals surface area (Å²) >= 11 is 3.45. The monoisotopic (exact) mass is 427 g/mol. The van der Waals surface area contributed by atoms with Crippen molar-refractivity contribution in [3.8, 4) is 5.75 Å². The molecule has 0 saturated heterocycles. The minimum atomic E-state index is -0.263. The maximum absolute atomic E-state index is 12.6. The van der Waals surface area contributed by atoms with Gasteiger partial charge >= 0.3 is 0 Å². The van der Waals surface area contributed by atoms with E-state index in [1.807, 2.05) is 43.3 Å². The number of halogens is 1. The lowest BCUT2D eigenvalue weighted by Gasteiger charge is -2.27. The summed E-state index contributed by atoms with van der Waals surface area (Å²) in [6.07, 6.45) is 0.675. The van der Waals surface area contributed by atoms with Crippen LogP contribution >= 0.6 is 15.9 Å². The van der Waals surface area contributed by atoms with Gasteiger partial charge in [0.15, 0.2) is 0 Å². The van der Waals surface area contributed by atoms with Crippen LogP contribution in [-0.4, -0.2) is 22.3 Å². The predicted octanol–water partition coefficient (Wildman–Crippen LogP) is 3.11. The molecule has 0 fully saturated rings. The van der Waals surface area contributed by atoms with E-state index in [0.29, 0.717) is 18.4 Å². The van der Waals surface area contributed by atoms with Crippen LogP contribution in [0.4, 0.5) is 0 Å². The SMILES string of the molecule is Cc1nn(CC(=O)NC2CCOc3ccc(Br)cc32)c(=O)c2ccccc12. The number of hydrogen-bond donors (Lipinski definition) is 1. The summed E-state index contributed by atoms with van der Waals surface area (Å²) in [6, 6.07) is 12.9. The molecule has 1 aliphatic rings. The van der Waals surface area contributed by atoms with Gasteiger partial charge in [-0.15, -0.1) is 0 Å². The van der Waals surface area contributed by atoms with Crippen LogP contribution in [0.5, 0.6) is 5.75 Å². The molecular formula is C20H18BrN3O3. The maximum atomic E-state index is 12.6. The third-order valence-corrected chi connectivity index (χ3v) is 5.19. The van der Waals surface area contributed by atoms with E-state index < -0.39 is 0 Å². The van der Waals surface area contributed by atoms with Gasteiger partial charge in [0.05, 0.1) is 23.7 Å². The lowest BCUT2D eigenvalue weighted by Crippen LogP contribution is -2.37. The summed E-state index contributed by atoms with van der Waals surface area (Å²) in [6.45, 7) is 2.25. The molecule has 1 amide bonds. The second-order valence-electron chi connectivity index (χ2n) is 6.53. The molecule has 2 heterocycles. The first-order chi connectivity index (χ1) is 13.0. The first kappa shape index (κ1) is 17.7. The summed E-state index contributed by atoms with van der Waals surface area (Å²) in [5.74, 6) is 0.517. The Morgan fingerprint density at radius 3 is 2.89 bits per heavy atom. The van der Waals surface area contributed by atoms with Crippen molar-refractivity contribution in [2.45, 2.75) is 25.9 Å². The molecule has 2 aromatic carbocycles. The fourth-order valence-corrected chi connectivity index (χ4v) is 3.78. The van der Waals surface area contributed by atoms with Gasteiger partial charge in [-0.2, -0.15) is 5.10 Å². The highest BCUT2D eigenvalue weighted by Gasteiger charge is 2.23. The summed E-state index contributed by atoms with van der Waals surface area (Å²) < 4.78 is 7.81. The molecule has 6 nitrogen and oxygen atoms in total. The van der Waals surface area contributed by atoms with Gasteiger partial charge < -0.3 is 10.1 Å². The Kier molecular flexibility index (Phi) is 4.70. The zero-order valence-electron chi connectivity index (χ0n) is 14.7. The summed E-state index contributed by atoms with van der Waals surface area (Å²) in [5, 5.41) is 8.68. The molecule has 138 valence electrons. The fraction of sp³-hybridized carbons (Fsp3) is 0.250. The van der Waals surface area contributed by atoms with Gasteiger partial charge in [-0.25, -0.2) is 4.68 Å². The third kappa shape index (κ3) is 3.47. The van der Waals surface area contributed by atoms with Gasteiger partial charge in [0.1, 0.15) is 12.3 Å². The molecule has 1 atom stereocenters. The number of amides is 1. The number of nitrogens with one attached hydrogen (secondary N) is 1. The van der Waals surface area contributed by atoms with Crippen LogP contribution < -0.4 is 15.6 Å². The Hall–Kier alpha value is -2.67. The summed E-state index contributed by atoms with van der Waals surface area (Å²) in [5.41, 5.74) is 1.39. The normalized spacial score (nSPS) is 15.9. The molecule has 3 aromatic rings. The Morgan fingerprint density at radius 2 is 2.07 bits per heavy atom. The zero-order chi connectivity index (χ0) is 19.0. The van der Waals surface area contributed by atoms with Gasteiger partial charge in [-0.3, -0.25) is 9.59 Å². The highest BCUT2D eigenvalue weighted by atomic mass is 79.9. The molecule has 7 heteroatoms. The number of carbonyl (C=O) groups excluding carboxylic acids is 1. The third-order valence-electron chi connectivity index (χ3n) is 4.69. The minimum Gasteiger partial charge on any atom is -0.493 e. The van der Waals surface area contributed by atoms with Crippen molar-refractivity contribution in [2.75, 3.05) is 6.61 Å². The van der Waals surface area contributed by atoms with Gasteiger partial charge in [0.25, 0.3) is 5.56 Å². The van der Waals surface area contributed by atoms with Crippen LogP contribution in [0.25, 0.3) is 10.8 Å². The molecule has 0 radical (unpaired) electrons. The molecule has 1 aromatic heterocycles. The lowest BCUT2D eigenvalue weighted by molar-refractivity contribution is -0.122. The van der Waals surface area contributed by atoms with Crippen molar-refractivity contribution in [3.05, 3.63) is 68.5 Å². The van der Waals surface area contributed by atoms with Gasteiger partial charge in [0.2, 0.25) is 5.91 Å². The highest BCUT2D eigenvalue weighted by molar-refractivity contribution is 9.10. The first-order valence-corrected chi connectivity index (χ1v) is 9.50. The van der Waals surface area contributed by atoms with Crippen LogP contribution in [0.3, 0.4) is 0 Å². The van der Waals surface area contributed by atoms with E-state index in [1.165, 1.54) is 4.68 Å². The van der Waals surface area contributed by atoms with Gasteiger partial charge in [0, 0.05) is 21.8 Å². The van der Waals surface area contributed by atoms with E-state index >= 15 is 0 Å². The zero-order valence-corrected chi connectivity index (χ0v) is 16.3. The van der Waals surface area contributed by atoms with Crippen LogP contribution in [0.1, 0.15) is 23.7 Å². The fourth-order valence-electron chi connectivity index (χ4n) is 3.40. The number of aromatic nitrogens is 2. The number of rotatable bonds is 3. The Labute approximate surface area is 164 Å².